The standard InChI is InChI=1S/C19H24F2N4O4/c1-24(11-3-2-4-11)16(18(22)27)19(28)23-14-6-5-12(9-13(14)17(20)21)25-7-8-29-10-15(25)26/h5-6,9,11,16-17H,2-4,7-8,10H2,1H3,(H2,22,27)(H,23,28)/t16-/m0/s1. The van der Waals surface area contributed by atoms with Crippen LogP contribution in [0.1, 0.15) is 31.3 Å². The van der Waals surface area contributed by atoms with Gasteiger partial charge in [-0.15, -0.1) is 0 Å². The highest BCUT2D eigenvalue weighted by molar-refractivity contribution is 6.10. The summed E-state index contributed by atoms with van der Waals surface area (Å²) in [6.07, 6.45) is -0.201. The normalized spacial score (nSPS) is 18.7. The number of carbonyl (C=O) groups is 3. The maximum absolute atomic E-state index is 13.7. The highest BCUT2D eigenvalue weighted by Crippen LogP contribution is 2.32. The number of carbonyl (C=O) groups excluding carboxylic acids is 3. The summed E-state index contributed by atoms with van der Waals surface area (Å²) in [5, 5.41) is 2.41. The molecule has 1 aromatic rings. The van der Waals surface area contributed by atoms with Crippen molar-refractivity contribution in [2.24, 2.45) is 5.73 Å². The largest absolute Gasteiger partial charge is 0.370 e. The van der Waals surface area contributed by atoms with Crippen LogP contribution < -0.4 is 16.0 Å². The van der Waals surface area contributed by atoms with Gasteiger partial charge in [-0.2, -0.15) is 0 Å². The van der Waals surface area contributed by atoms with E-state index in [1.165, 1.54) is 23.1 Å². The first-order valence-electron chi connectivity index (χ1n) is 9.42. The van der Waals surface area contributed by atoms with Crippen molar-refractivity contribution in [3.63, 3.8) is 0 Å². The number of anilines is 2. The average Bonchev–Trinajstić information content (AvgIpc) is 2.60. The highest BCUT2D eigenvalue weighted by atomic mass is 19.3. The van der Waals surface area contributed by atoms with E-state index >= 15 is 0 Å². The van der Waals surface area contributed by atoms with E-state index in [1.54, 1.807) is 11.9 Å². The second-order valence-corrected chi connectivity index (χ2v) is 7.21. The van der Waals surface area contributed by atoms with Crippen molar-refractivity contribution in [1.82, 2.24) is 4.90 Å². The van der Waals surface area contributed by atoms with Gasteiger partial charge < -0.3 is 20.7 Å². The third-order valence-corrected chi connectivity index (χ3v) is 5.40. The van der Waals surface area contributed by atoms with Crippen molar-refractivity contribution in [3.8, 4) is 0 Å². The summed E-state index contributed by atoms with van der Waals surface area (Å²) < 4.78 is 32.3. The van der Waals surface area contributed by atoms with Gasteiger partial charge in [0.25, 0.3) is 18.2 Å². The molecule has 0 aromatic heterocycles. The van der Waals surface area contributed by atoms with Gasteiger partial charge in [0.1, 0.15) is 6.61 Å². The molecule has 1 atom stereocenters. The Bertz CT molecular complexity index is 800. The molecule has 3 rings (SSSR count). The molecule has 158 valence electrons. The Hall–Kier alpha value is -2.59. The zero-order valence-corrected chi connectivity index (χ0v) is 16.1. The van der Waals surface area contributed by atoms with E-state index in [0.29, 0.717) is 12.3 Å². The van der Waals surface area contributed by atoms with Crippen molar-refractivity contribution < 1.29 is 27.9 Å². The SMILES string of the molecule is CN(C1CCC1)[C@@H](C(N)=O)C(=O)Nc1ccc(N2CCOCC2=O)cc1C(F)F. The first-order valence-corrected chi connectivity index (χ1v) is 9.42. The van der Waals surface area contributed by atoms with Crippen LogP contribution in [0.25, 0.3) is 0 Å². The second-order valence-electron chi connectivity index (χ2n) is 7.21. The van der Waals surface area contributed by atoms with E-state index in [0.717, 1.165) is 19.3 Å². The number of morpholine rings is 1. The maximum Gasteiger partial charge on any atom is 0.265 e. The molecule has 0 spiro atoms. The molecule has 0 unspecified atom stereocenters. The molecular formula is C19H24F2N4O4. The van der Waals surface area contributed by atoms with Crippen LogP contribution in [-0.2, 0) is 19.1 Å². The molecule has 1 heterocycles. The number of primary amides is 1. The zero-order valence-electron chi connectivity index (χ0n) is 16.1. The lowest BCUT2D eigenvalue weighted by molar-refractivity contribution is -0.133. The number of amides is 3. The number of likely N-dealkylation sites (N-methyl/N-ethyl adjacent to an activating group) is 1. The third kappa shape index (κ3) is 4.54. The fourth-order valence-corrected chi connectivity index (χ4v) is 3.52. The lowest BCUT2D eigenvalue weighted by Crippen LogP contribution is -2.55. The predicted molar refractivity (Wildman–Crippen MR) is 102 cm³/mol. The minimum atomic E-state index is -2.89. The molecule has 1 saturated heterocycles. The molecule has 10 heteroatoms. The summed E-state index contributed by atoms with van der Waals surface area (Å²) >= 11 is 0. The van der Waals surface area contributed by atoms with Crippen molar-refractivity contribution in [1.29, 1.82) is 0 Å². The highest BCUT2D eigenvalue weighted by Gasteiger charge is 2.36. The Labute approximate surface area is 167 Å². The molecule has 29 heavy (non-hydrogen) atoms. The monoisotopic (exact) mass is 410 g/mol. The summed E-state index contributed by atoms with van der Waals surface area (Å²) in [4.78, 5) is 39.4. The Morgan fingerprint density at radius 3 is 2.62 bits per heavy atom. The van der Waals surface area contributed by atoms with Crippen LogP contribution in [0.4, 0.5) is 20.2 Å². The van der Waals surface area contributed by atoms with Crippen molar-refractivity contribution in [2.45, 2.75) is 37.8 Å². The lowest BCUT2D eigenvalue weighted by Gasteiger charge is -2.38. The molecule has 1 saturated carbocycles. The molecular weight excluding hydrogens is 386 g/mol. The number of hydrogen-bond donors (Lipinski definition) is 2. The summed E-state index contributed by atoms with van der Waals surface area (Å²) in [5.41, 5.74) is 5.13. The van der Waals surface area contributed by atoms with Gasteiger partial charge in [-0.1, -0.05) is 6.42 Å². The summed E-state index contributed by atoms with van der Waals surface area (Å²) in [7, 11) is 1.62. The van der Waals surface area contributed by atoms with Crippen LogP contribution in [0, 0.1) is 0 Å². The van der Waals surface area contributed by atoms with E-state index in [-0.39, 0.29) is 30.8 Å². The fourth-order valence-electron chi connectivity index (χ4n) is 3.52. The number of ether oxygens (including phenoxy) is 1. The zero-order chi connectivity index (χ0) is 21.1. The predicted octanol–water partition coefficient (Wildman–Crippen LogP) is 1.26. The third-order valence-electron chi connectivity index (χ3n) is 5.40. The van der Waals surface area contributed by atoms with Gasteiger partial charge in [0.2, 0.25) is 5.91 Å². The van der Waals surface area contributed by atoms with Gasteiger partial charge in [-0.3, -0.25) is 19.3 Å². The van der Waals surface area contributed by atoms with E-state index in [1.807, 2.05) is 0 Å². The molecule has 2 fully saturated rings. The first-order chi connectivity index (χ1) is 13.8. The van der Waals surface area contributed by atoms with E-state index in [9.17, 15) is 23.2 Å². The van der Waals surface area contributed by atoms with Crippen LogP contribution in [0.3, 0.4) is 0 Å². The van der Waals surface area contributed by atoms with Crippen LogP contribution >= 0.6 is 0 Å². The lowest BCUT2D eigenvalue weighted by atomic mass is 9.90. The molecule has 8 nitrogen and oxygen atoms in total. The molecule has 1 aromatic carbocycles. The number of benzene rings is 1. The Balaban J connectivity index is 1.82. The second kappa shape index (κ2) is 8.83. The molecule has 0 bridgehead atoms. The Kier molecular flexibility index (Phi) is 6.43. The van der Waals surface area contributed by atoms with E-state index < -0.39 is 29.8 Å². The number of alkyl halides is 2. The Morgan fingerprint density at radius 1 is 1.34 bits per heavy atom. The summed E-state index contributed by atoms with van der Waals surface area (Å²) in [5.74, 6) is -1.93. The summed E-state index contributed by atoms with van der Waals surface area (Å²) in [6.45, 7) is 0.446. The molecule has 3 N–H and O–H groups in total. The van der Waals surface area contributed by atoms with Crippen LogP contribution in [0.5, 0.6) is 0 Å². The van der Waals surface area contributed by atoms with Crippen LogP contribution in [-0.4, -0.2) is 61.5 Å². The van der Waals surface area contributed by atoms with Gasteiger partial charge >= 0.3 is 0 Å². The molecule has 0 radical (unpaired) electrons. The number of hydrogen-bond acceptors (Lipinski definition) is 5. The van der Waals surface area contributed by atoms with Crippen molar-refractivity contribution in [3.05, 3.63) is 23.8 Å². The molecule has 2 aliphatic rings. The number of halogens is 2. The number of rotatable bonds is 7. The fraction of sp³-hybridized carbons (Fsp3) is 0.526. The van der Waals surface area contributed by atoms with E-state index in [4.69, 9.17) is 10.5 Å². The van der Waals surface area contributed by atoms with Gasteiger partial charge in [0.05, 0.1) is 6.61 Å². The van der Waals surface area contributed by atoms with Gasteiger partial charge in [0, 0.05) is 29.5 Å². The number of nitrogens with one attached hydrogen (secondary N) is 1. The topological polar surface area (TPSA) is 105 Å². The quantitative estimate of drug-likeness (QED) is 0.659. The first kappa shape index (κ1) is 21.1. The van der Waals surface area contributed by atoms with E-state index in [2.05, 4.69) is 5.32 Å². The number of nitrogens with two attached hydrogens (primary N) is 1. The summed E-state index contributed by atoms with van der Waals surface area (Å²) in [6, 6.07) is 2.74. The minimum Gasteiger partial charge on any atom is -0.370 e. The Morgan fingerprint density at radius 2 is 2.07 bits per heavy atom. The van der Waals surface area contributed by atoms with Gasteiger partial charge in [-0.05, 0) is 38.1 Å². The van der Waals surface area contributed by atoms with Gasteiger partial charge in [-0.25, -0.2) is 8.78 Å². The molecule has 1 aliphatic heterocycles. The van der Waals surface area contributed by atoms with Crippen LogP contribution in [0.2, 0.25) is 0 Å². The maximum atomic E-state index is 13.7. The smallest absolute Gasteiger partial charge is 0.265 e. The van der Waals surface area contributed by atoms with Gasteiger partial charge in [0.15, 0.2) is 6.04 Å². The minimum absolute atomic E-state index is 0.0579. The van der Waals surface area contributed by atoms with Crippen LogP contribution in [0.15, 0.2) is 18.2 Å². The number of nitrogens with zero attached hydrogens (tertiary/aromatic N) is 2. The average molecular weight is 410 g/mol. The van der Waals surface area contributed by atoms with Crippen molar-refractivity contribution in [2.75, 3.05) is 37.0 Å². The molecule has 3 amide bonds. The molecule has 1 aliphatic carbocycles. The van der Waals surface area contributed by atoms with Crippen molar-refractivity contribution >= 4 is 29.1 Å².